The first-order valence-corrected chi connectivity index (χ1v) is 8.22. The van der Waals surface area contributed by atoms with Crippen molar-refractivity contribution in [3.63, 3.8) is 0 Å². The van der Waals surface area contributed by atoms with Crippen LogP contribution in [-0.2, 0) is 14.3 Å². The van der Waals surface area contributed by atoms with Crippen LogP contribution in [0.4, 0.5) is 0 Å². The molecule has 0 saturated heterocycles. The predicted molar refractivity (Wildman–Crippen MR) is 76.6 cm³/mol. The van der Waals surface area contributed by atoms with Crippen LogP contribution in [0.1, 0.15) is 32.6 Å². The van der Waals surface area contributed by atoms with Gasteiger partial charge in [0.1, 0.15) is 6.10 Å². The summed E-state index contributed by atoms with van der Waals surface area (Å²) in [6, 6.07) is 0. The Balaban J connectivity index is 1.94. The molecule has 5 heteroatoms. The molecule has 0 aromatic heterocycles. The summed E-state index contributed by atoms with van der Waals surface area (Å²) in [6.45, 7) is 2.34. The van der Waals surface area contributed by atoms with Crippen molar-refractivity contribution in [2.24, 2.45) is 17.8 Å². The number of thioether (sulfide) groups is 1. The number of ether oxygens (including phenoxy) is 2. The highest BCUT2D eigenvalue weighted by Crippen LogP contribution is 2.49. The molecule has 2 unspecified atom stereocenters. The Morgan fingerprint density at radius 1 is 1.28 bits per heavy atom. The quantitative estimate of drug-likeness (QED) is 0.589. The minimum absolute atomic E-state index is 0.0157. The van der Waals surface area contributed by atoms with Gasteiger partial charge in [-0.15, -0.1) is 0 Å². The average molecular weight is 288 g/mol. The van der Waals surface area contributed by atoms with Gasteiger partial charge in [-0.2, -0.15) is 0 Å². The minimum Gasteiger partial charge on any atom is -0.475 e. The van der Waals surface area contributed by atoms with Crippen molar-refractivity contribution in [3.8, 4) is 0 Å². The second-order valence-corrected chi connectivity index (χ2v) is 6.36. The summed E-state index contributed by atoms with van der Waals surface area (Å²) >= 11 is 6.60. The fraction of sp³-hybridized carbons (Fsp3) is 0.846. The standard InChI is InChI=1S/C13H20O3S2/c1-3-15-12(14)10-5-4-9-8(10)6-7-11(9)16-13(17)18-2/h8-11H,3-7H2,1-2H3/t8-,9-,10?,11?/m0/s1. The highest BCUT2D eigenvalue weighted by Gasteiger charge is 2.49. The summed E-state index contributed by atoms with van der Waals surface area (Å²) < 4.78 is 11.6. The Hall–Kier alpha value is -0.290. The molecule has 2 saturated carbocycles. The third-order valence-corrected chi connectivity index (χ3v) is 5.17. The van der Waals surface area contributed by atoms with E-state index in [-0.39, 0.29) is 18.0 Å². The van der Waals surface area contributed by atoms with Crippen molar-refractivity contribution in [1.29, 1.82) is 0 Å². The lowest BCUT2D eigenvalue weighted by atomic mass is 9.92. The van der Waals surface area contributed by atoms with Gasteiger partial charge in [0.15, 0.2) is 0 Å². The Kier molecular flexibility index (Phi) is 4.90. The zero-order chi connectivity index (χ0) is 13.1. The lowest BCUT2D eigenvalue weighted by Gasteiger charge is -2.20. The first kappa shape index (κ1) is 14.1. The lowest BCUT2D eigenvalue weighted by Crippen LogP contribution is -2.25. The van der Waals surface area contributed by atoms with Crippen LogP contribution in [0.15, 0.2) is 0 Å². The van der Waals surface area contributed by atoms with Gasteiger partial charge in [0.25, 0.3) is 0 Å². The Morgan fingerprint density at radius 3 is 2.67 bits per heavy atom. The van der Waals surface area contributed by atoms with E-state index in [9.17, 15) is 4.79 Å². The van der Waals surface area contributed by atoms with Gasteiger partial charge in [0, 0.05) is 0 Å². The molecule has 2 aliphatic carbocycles. The molecule has 0 amide bonds. The zero-order valence-electron chi connectivity index (χ0n) is 10.9. The number of esters is 1. The predicted octanol–water partition coefficient (Wildman–Crippen LogP) is 3.02. The van der Waals surface area contributed by atoms with Gasteiger partial charge in [-0.05, 0) is 62.9 Å². The third-order valence-electron chi connectivity index (χ3n) is 4.14. The average Bonchev–Trinajstić information content (AvgIpc) is 2.92. The first-order valence-electron chi connectivity index (χ1n) is 6.58. The summed E-state index contributed by atoms with van der Waals surface area (Å²) in [7, 11) is 0. The molecular formula is C13H20O3S2. The van der Waals surface area contributed by atoms with Gasteiger partial charge < -0.3 is 9.47 Å². The number of fused-ring (bicyclic) bond motifs is 1. The molecule has 0 aromatic carbocycles. The van der Waals surface area contributed by atoms with Crippen molar-refractivity contribution in [1.82, 2.24) is 0 Å². The van der Waals surface area contributed by atoms with Crippen molar-refractivity contribution in [2.75, 3.05) is 12.9 Å². The summed E-state index contributed by atoms with van der Waals surface area (Å²) in [5.74, 6) is 1.01. The van der Waals surface area contributed by atoms with Gasteiger partial charge >= 0.3 is 5.97 Å². The van der Waals surface area contributed by atoms with Crippen LogP contribution in [0.5, 0.6) is 0 Å². The number of thiocarbonyl (C=S) groups is 1. The largest absolute Gasteiger partial charge is 0.475 e. The van der Waals surface area contributed by atoms with E-state index in [2.05, 4.69) is 0 Å². The zero-order valence-corrected chi connectivity index (χ0v) is 12.5. The second-order valence-electron chi connectivity index (χ2n) is 4.95. The normalized spacial score (nSPS) is 34.1. The molecule has 0 N–H and O–H groups in total. The van der Waals surface area contributed by atoms with Gasteiger partial charge in [-0.1, -0.05) is 11.8 Å². The summed E-state index contributed by atoms with van der Waals surface area (Å²) in [4.78, 5) is 11.9. The van der Waals surface area contributed by atoms with Crippen LogP contribution in [0.25, 0.3) is 0 Å². The molecule has 102 valence electrons. The maximum absolute atomic E-state index is 11.9. The fourth-order valence-corrected chi connectivity index (χ4v) is 3.75. The molecule has 0 heterocycles. The van der Waals surface area contributed by atoms with Crippen LogP contribution in [-0.4, -0.2) is 29.3 Å². The minimum atomic E-state index is -0.0157. The van der Waals surface area contributed by atoms with Gasteiger partial charge in [0.05, 0.1) is 12.5 Å². The Labute approximate surface area is 118 Å². The maximum atomic E-state index is 11.9. The van der Waals surface area contributed by atoms with E-state index < -0.39 is 0 Å². The van der Waals surface area contributed by atoms with Gasteiger partial charge in [-0.25, -0.2) is 0 Å². The van der Waals surface area contributed by atoms with Crippen LogP contribution < -0.4 is 0 Å². The first-order chi connectivity index (χ1) is 8.67. The number of hydrogen-bond donors (Lipinski definition) is 0. The van der Waals surface area contributed by atoms with E-state index in [4.69, 9.17) is 21.7 Å². The molecule has 0 radical (unpaired) electrons. The molecule has 0 aliphatic heterocycles. The monoisotopic (exact) mass is 288 g/mol. The molecule has 4 atom stereocenters. The topological polar surface area (TPSA) is 35.5 Å². The van der Waals surface area contributed by atoms with E-state index in [1.807, 2.05) is 13.2 Å². The van der Waals surface area contributed by atoms with E-state index in [1.165, 1.54) is 11.8 Å². The molecule has 0 aromatic rings. The number of carbonyl (C=O) groups excluding carboxylic acids is 1. The van der Waals surface area contributed by atoms with Crippen molar-refractivity contribution >= 4 is 34.3 Å². The van der Waals surface area contributed by atoms with Crippen LogP contribution in [0.3, 0.4) is 0 Å². The highest BCUT2D eigenvalue weighted by molar-refractivity contribution is 8.22. The number of hydrogen-bond acceptors (Lipinski definition) is 5. The maximum Gasteiger partial charge on any atom is 0.309 e. The molecule has 2 rings (SSSR count). The molecule has 0 spiro atoms. The molecule has 2 fully saturated rings. The van der Waals surface area contributed by atoms with Crippen molar-refractivity contribution in [2.45, 2.75) is 38.7 Å². The van der Waals surface area contributed by atoms with Gasteiger partial charge in [0.2, 0.25) is 4.38 Å². The second kappa shape index (κ2) is 6.24. The Bertz CT molecular complexity index is 332. The molecule has 2 aliphatic rings. The van der Waals surface area contributed by atoms with E-state index in [1.54, 1.807) is 0 Å². The summed E-state index contributed by atoms with van der Waals surface area (Å²) in [5.41, 5.74) is 0. The fourth-order valence-electron chi connectivity index (χ4n) is 3.41. The van der Waals surface area contributed by atoms with Gasteiger partial charge in [-0.3, -0.25) is 4.79 Å². The number of carbonyl (C=O) groups is 1. The molecule has 18 heavy (non-hydrogen) atoms. The van der Waals surface area contributed by atoms with Crippen LogP contribution >= 0.6 is 24.0 Å². The third kappa shape index (κ3) is 2.82. The Morgan fingerprint density at radius 2 is 2.00 bits per heavy atom. The molecule has 0 bridgehead atoms. The summed E-state index contributed by atoms with van der Waals surface area (Å²) in [5, 5.41) is 0. The smallest absolute Gasteiger partial charge is 0.309 e. The summed E-state index contributed by atoms with van der Waals surface area (Å²) in [6.07, 6.45) is 6.25. The van der Waals surface area contributed by atoms with Crippen molar-refractivity contribution in [3.05, 3.63) is 0 Å². The molecular weight excluding hydrogens is 268 g/mol. The highest BCUT2D eigenvalue weighted by atomic mass is 32.2. The molecule has 3 nitrogen and oxygen atoms in total. The van der Waals surface area contributed by atoms with Crippen LogP contribution in [0, 0.1) is 17.8 Å². The van der Waals surface area contributed by atoms with E-state index in [0.717, 1.165) is 25.7 Å². The number of rotatable bonds is 3. The SMILES string of the molecule is CCOC(=O)C1CC[C@@H]2C(OC(=S)SC)CC[C@H]12. The lowest BCUT2D eigenvalue weighted by molar-refractivity contribution is -0.149. The van der Waals surface area contributed by atoms with Crippen LogP contribution in [0.2, 0.25) is 0 Å². The van der Waals surface area contributed by atoms with Crippen molar-refractivity contribution < 1.29 is 14.3 Å². The van der Waals surface area contributed by atoms with E-state index >= 15 is 0 Å². The van der Waals surface area contributed by atoms with E-state index in [0.29, 0.717) is 22.8 Å².